The van der Waals surface area contributed by atoms with Gasteiger partial charge >= 0.3 is 0 Å². The van der Waals surface area contributed by atoms with E-state index in [-0.39, 0.29) is 17.6 Å². The summed E-state index contributed by atoms with van der Waals surface area (Å²) in [6.07, 6.45) is 8.00. The van der Waals surface area contributed by atoms with E-state index in [0.717, 1.165) is 25.2 Å². The van der Waals surface area contributed by atoms with Gasteiger partial charge in [-0.2, -0.15) is 5.10 Å². The molecule has 4 heterocycles. The van der Waals surface area contributed by atoms with Gasteiger partial charge in [-0.1, -0.05) is 0 Å². The van der Waals surface area contributed by atoms with Crippen LogP contribution < -0.4 is 5.32 Å². The Kier molecular flexibility index (Phi) is 3.76. The van der Waals surface area contributed by atoms with Crippen molar-refractivity contribution >= 4 is 11.9 Å². The van der Waals surface area contributed by atoms with Crippen molar-refractivity contribution in [2.24, 2.45) is 7.05 Å². The third-order valence-electron chi connectivity index (χ3n) is 5.06. The van der Waals surface area contributed by atoms with Gasteiger partial charge in [-0.05, 0) is 25.3 Å². The number of carbonyl (C=O) groups is 1. The predicted molar refractivity (Wildman–Crippen MR) is 87.6 cm³/mol. The average molecular weight is 330 g/mol. The number of likely N-dealkylation sites (tertiary alicyclic amines) is 1. The molecule has 2 fully saturated rings. The van der Waals surface area contributed by atoms with Crippen molar-refractivity contribution in [3.05, 3.63) is 30.4 Å². The van der Waals surface area contributed by atoms with Crippen LogP contribution in [0.2, 0.25) is 0 Å². The third-order valence-corrected chi connectivity index (χ3v) is 5.06. The van der Waals surface area contributed by atoms with Crippen molar-refractivity contribution in [3.8, 4) is 0 Å². The Morgan fingerprint density at radius 3 is 2.92 bits per heavy atom. The highest BCUT2D eigenvalue weighted by atomic mass is 16.5. The molecule has 1 unspecified atom stereocenters. The lowest BCUT2D eigenvalue weighted by Crippen LogP contribution is -2.46. The largest absolute Gasteiger partial charge is 0.373 e. The Hall–Kier alpha value is -2.35. The van der Waals surface area contributed by atoms with Gasteiger partial charge in [0.15, 0.2) is 0 Å². The van der Waals surface area contributed by atoms with E-state index in [0.29, 0.717) is 25.4 Å². The molecule has 0 bridgehead atoms. The van der Waals surface area contributed by atoms with Crippen molar-refractivity contribution in [2.45, 2.75) is 30.9 Å². The molecule has 24 heavy (non-hydrogen) atoms. The van der Waals surface area contributed by atoms with Gasteiger partial charge in [-0.3, -0.25) is 9.89 Å². The van der Waals surface area contributed by atoms with Crippen LogP contribution in [0.15, 0.2) is 24.7 Å². The normalized spacial score (nSPS) is 22.9. The van der Waals surface area contributed by atoms with Crippen LogP contribution in [0.1, 0.15) is 29.8 Å². The minimum absolute atomic E-state index is 0.0167. The number of nitrogens with zero attached hydrogens (tertiary/aromatic N) is 4. The molecule has 0 radical (unpaired) electrons. The van der Waals surface area contributed by atoms with Gasteiger partial charge in [0.1, 0.15) is 5.69 Å². The van der Waals surface area contributed by atoms with Crippen LogP contribution in [0.25, 0.3) is 0 Å². The SMILES string of the molecule is Cn1ccnc1NC1COC2(CCN(C(=O)c3ccn[nH]3)CC2)C1. The number of carbonyl (C=O) groups excluding carboxylic acids is 1. The molecule has 0 aliphatic carbocycles. The van der Waals surface area contributed by atoms with Gasteiger partial charge in [0, 0.05) is 38.7 Å². The molecule has 1 spiro atoms. The second-order valence-electron chi connectivity index (χ2n) is 6.66. The van der Waals surface area contributed by atoms with Crippen LogP contribution in [0.5, 0.6) is 0 Å². The van der Waals surface area contributed by atoms with E-state index in [4.69, 9.17) is 4.74 Å². The lowest BCUT2D eigenvalue weighted by atomic mass is 9.87. The quantitative estimate of drug-likeness (QED) is 0.877. The Balaban J connectivity index is 1.34. The zero-order chi connectivity index (χ0) is 16.6. The summed E-state index contributed by atoms with van der Waals surface area (Å²) in [5.41, 5.74) is 0.431. The summed E-state index contributed by atoms with van der Waals surface area (Å²) in [6.45, 7) is 2.11. The van der Waals surface area contributed by atoms with E-state index in [9.17, 15) is 4.79 Å². The summed E-state index contributed by atoms with van der Waals surface area (Å²) in [5.74, 6) is 0.885. The Morgan fingerprint density at radius 2 is 2.25 bits per heavy atom. The molecule has 1 atom stereocenters. The zero-order valence-electron chi connectivity index (χ0n) is 13.7. The van der Waals surface area contributed by atoms with Gasteiger partial charge in [0.05, 0.1) is 18.2 Å². The lowest BCUT2D eigenvalue weighted by molar-refractivity contribution is -0.0389. The highest BCUT2D eigenvalue weighted by Gasteiger charge is 2.43. The predicted octanol–water partition coefficient (Wildman–Crippen LogP) is 1.02. The molecule has 0 aromatic carbocycles. The first-order valence-corrected chi connectivity index (χ1v) is 8.32. The summed E-state index contributed by atoms with van der Waals surface area (Å²) in [6, 6.07) is 1.98. The first-order valence-electron chi connectivity index (χ1n) is 8.32. The molecular weight excluding hydrogens is 308 g/mol. The first-order chi connectivity index (χ1) is 11.7. The van der Waals surface area contributed by atoms with Gasteiger partial charge in [-0.15, -0.1) is 0 Å². The van der Waals surface area contributed by atoms with Crippen molar-refractivity contribution in [2.75, 3.05) is 25.0 Å². The molecule has 2 aliphatic heterocycles. The molecule has 8 nitrogen and oxygen atoms in total. The van der Waals surface area contributed by atoms with Gasteiger partial charge in [0.25, 0.3) is 5.91 Å². The second kappa shape index (κ2) is 5.94. The summed E-state index contributed by atoms with van der Waals surface area (Å²) in [5, 5.41) is 10.0. The van der Waals surface area contributed by atoms with Crippen molar-refractivity contribution in [3.63, 3.8) is 0 Å². The number of piperidine rings is 1. The number of imidazole rings is 1. The monoisotopic (exact) mass is 330 g/mol. The van der Waals surface area contributed by atoms with Crippen LogP contribution in [-0.4, -0.2) is 61.9 Å². The fourth-order valence-corrected chi connectivity index (χ4v) is 3.64. The van der Waals surface area contributed by atoms with E-state index in [1.54, 1.807) is 18.5 Å². The maximum atomic E-state index is 12.4. The summed E-state index contributed by atoms with van der Waals surface area (Å²) in [7, 11) is 1.97. The first kappa shape index (κ1) is 15.2. The number of aromatic nitrogens is 4. The molecular formula is C16H22N6O2. The van der Waals surface area contributed by atoms with Crippen LogP contribution in [-0.2, 0) is 11.8 Å². The number of hydrogen-bond donors (Lipinski definition) is 2. The smallest absolute Gasteiger partial charge is 0.271 e. The van der Waals surface area contributed by atoms with Gasteiger partial charge in [-0.25, -0.2) is 4.98 Å². The minimum atomic E-state index is -0.117. The standard InChI is InChI=1S/C16H22N6O2/c1-21-9-6-17-15(21)19-12-10-16(24-11-12)3-7-22(8-4-16)14(23)13-2-5-18-20-13/h2,5-6,9,12H,3-4,7-8,10-11H2,1H3,(H,17,19)(H,18,20). The lowest BCUT2D eigenvalue weighted by Gasteiger charge is -2.38. The maximum Gasteiger partial charge on any atom is 0.271 e. The molecule has 4 rings (SSSR count). The maximum absolute atomic E-state index is 12.4. The van der Waals surface area contributed by atoms with E-state index < -0.39 is 0 Å². The van der Waals surface area contributed by atoms with Crippen LogP contribution in [0.4, 0.5) is 5.95 Å². The minimum Gasteiger partial charge on any atom is -0.373 e. The highest BCUT2D eigenvalue weighted by Crippen LogP contribution is 2.37. The Morgan fingerprint density at radius 1 is 1.42 bits per heavy atom. The Bertz CT molecular complexity index is 702. The number of rotatable bonds is 3. The van der Waals surface area contributed by atoms with Crippen molar-refractivity contribution in [1.29, 1.82) is 0 Å². The van der Waals surface area contributed by atoms with Crippen molar-refractivity contribution < 1.29 is 9.53 Å². The number of hydrogen-bond acceptors (Lipinski definition) is 5. The summed E-state index contributed by atoms with van der Waals surface area (Å²) >= 11 is 0. The van der Waals surface area contributed by atoms with E-state index in [1.807, 2.05) is 22.7 Å². The van der Waals surface area contributed by atoms with Crippen LogP contribution >= 0.6 is 0 Å². The fraction of sp³-hybridized carbons (Fsp3) is 0.562. The molecule has 2 aliphatic rings. The van der Waals surface area contributed by atoms with E-state index in [1.165, 1.54) is 0 Å². The number of amides is 1. The third kappa shape index (κ3) is 2.77. The number of ether oxygens (including phenoxy) is 1. The molecule has 2 N–H and O–H groups in total. The molecule has 128 valence electrons. The molecule has 2 aromatic heterocycles. The highest BCUT2D eigenvalue weighted by molar-refractivity contribution is 5.92. The van der Waals surface area contributed by atoms with Gasteiger partial charge in [0.2, 0.25) is 5.95 Å². The molecule has 1 amide bonds. The molecule has 0 saturated carbocycles. The summed E-state index contributed by atoms with van der Waals surface area (Å²) in [4.78, 5) is 18.6. The number of anilines is 1. The second-order valence-corrected chi connectivity index (χ2v) is 6.66. The molecule has 2 saturated heterocycles. The van der Waals surface area contributed by atoms with Gasteiger partial charge < -0.3 is 19.5 Å². The molecule has 2 aromatic rings. The summed E-state index contributed by atoms with van der Waals surface area (Å²) < 4.78 is 8.11. The van der Waals surface area contributed by atoms with Crippen LogP contribution in [0, 0.1) is 0 Å². The topological polar surface area (TPSA) is 88.1 Å². The average Bonchev–Trinajstić information content (AvgIpc) is 3.32. The number of H-pyrrole nitrogens is 1. The zero-order valence-corrected chi connectivity index (χ0v) is 13.7. The molecule has 8 heteroatoms. The number of aromatic amines is 1. The Labute approximate surface area is 140 Å². The van der Waals surface area contributed by atoms with Crippen LogP contribution in [0.3, 0.4) is 0 Å². The van der Waals surface area contributed by atoms with Crippen molar-refractivity contribution in [1.82, 2.24) is 24.6 Å². The van der Waals surface area contributed by atoms with E-state index >= 15 is 0 Å². The fourth-order valence-electron chi connectivity index (χ4n) is 3.64. The number of aryl methyl sites for hydroxylation is 1. The van der Waals surface area contributed by atoms with E-state index in [2.05, 4.69) is 20.5 Å². The number of nitrogens with one attached hydrogen (secondary N) is 2.